The first-order chi connectivity index (χ1) is 18.9. The normalized spacial score (nSPS) is 24.7. The van der Waals surface area contributed by atoms with Gasteiger partial charge in [-0.3, -0.25) is 9.36 Å². The second-order valence-corrected chi connectivity index (χ2v) is 12.4. The minimum absolute atomic E-state index is 0.276. The van der Waals surface area contributed by atoms with E-state index in [2.05, 4.69) is 20.0 Å². The third-order valence-electron chi connectivity index (χ3n) is 6.14. The summed E-state index contributed by atoms with van der Waals surface area (Å²) in [7, 11) is 4.82. The lowest BCUT2D eigenvalue weighted by Gasteiger charge is -2.27. The highest BCUT2D eigenvalue weighted by Crippen LogP contribution is 2.48. The minimum atomic E-state index is -3.46. The van der Waals surface area contributed by atoms with Gasteiger partial charge in [0.1, 0.15) is 29.8 Å². The number of aromatic nitrogens is 4. The summed E-state index contributed by atoms with van der Waals surface area (Å²) in [6.07, 6.45) is 2.35. The Bertz CT molecular complexity index is 1470. The zero-order valence-electron chi connectivity index (χ0n) is 22.5. The average Bonchev–Trinajstić information content (AvgIpc) is 3.45. The van der Waals surface area contributed by atoms with Gasteiger partial charge in [0.2, 0.25) is 5.67 Å². The van der Waals surface area contributed by atoms with Crippen molar-refractivity contribution in [2.45, 2.75) is 44.0 Å². The standard InChI is InChI=1S/C25H30FN6O6PS/c1-7-25(26)20(33)18(37-24(25)32-14-27-19-21(31(4)5)28-16(3)29-22(19)32)13-36-39(40,30-15(2)23(34)35-6)38-17-11-9-8-10-12-17/h1,8-12,14-15,18,20,24,33H,13H2,2-6H3,(H,30,40)/t15-,18-,20-,24-,25-,39-/m1/s1. The fourth-order valence-corrected chi connectivity index (χ4v) is 6.57. The number of carbonyl (C=O) groups excluding carboxylic acids is 1. The largest absolute Gasteiger partial charge is 0.468 e. The smallest absolute Gasteiger partial charge is 0.323 e. The highest BCUT2D eigenvalue weighted by Gasteiger charge is 2.58. The number of imidazole rings is 1. The van der Waals surface area contributed by atoms with E-state index < -0.39 is 49.4 Å². The minimum Gasteiger partial charge on any atom is -0.468 e. The highest BCUT2D eigenvalue weighted by molar-refractivity contribution is 8.09. The fraction of sp³-hybridized carbons (Fsp3) is 0.440. The number of aliphatic hydroxyl groups is 1. The summed E-state index contributed by atoms with van der Waals surface area (Å²) in [6.45, 7) is -0.661. The Morgan fingerprint density at radius 2 is 2.10 bits per heavy atom. The number of aliphatic hydroxyl groups excluding tert-OH is 1. The van der Waals surface area contributed by atoms with Crippen molar-refractivity contribution in [1.29, 1.82) is 0 Å². The first-order valence-corrected chi connectivity index (χ1v) is 14.8. The van der Waals surface area contributed by atoms with Crippen LogP contribution in [0, 0.1) is 19.3 Å². The molecule has 1 aliphatic rings. The quantitative estimate of drug-likeness (QED) is 0.203. The molecule has 0 radical (unpaired) electrons. The third-order valence-corrected chi connectivity index (χ3v) is 8.64. The van der Waals surface area contributed by atoms with Crippen LogP contribution >= 0.6 is 6.64 Å². The lowest BCUT2D eigenvalue weighted by molar-refractivity contribution is -0.142. The molecule has 0 saturated carbocycles. The van der Waals surface area contributed by atoms with Gasteiger partial charge in [-0.2, -0.15) is 0 Å². The molecule has 2 aromatic heterocycles. The van der Waals surface area contributed by atoms with E-state index in [4.69, 9.17) is 36.8 Å². The summed E-state index contributed by atoms with van der Waals surface area (Å²) in [5, 5.41) is 13.8. The van der Waals surface area contributed by atoms with Crippen LogP contribution in [-0.2, 0) is 30.6 Å². The Hall–Kier alpha value is -3.18. The summed E-state index contributed by atoms with van der Waals surface area (Å²) >= 11 is 5.65. The maximum absolute atomic E-state index is 16.2. The molecule has 6 atom stereocenters. The number of halogens is 1. The zero-order valence-corrected chi connectivity index (χ0v) is 24.2. The Morgan fingerprint density at radius 3 is 2.73 bits per heavy atom. The number of hydrogen-bond donors (Lipinski definition) is 2. The van der Waals surface area contributed by atoms with E-state index in [9.17, 15) is 9.90 Å². The molecule has 0 amide bonds. The number of terminal acetylenes is 1. The van der Waals surface area contributed by atoms with Crippen LogP contribution < -0.4 is 14.5 Å². The summed E-state index contributed by atoms with van der Waals surface area (Å²) < 4.78 is 40.1. The van der Waals surface area contributed by atoms with Gasteiger partial charge in [-0.1, -0.05) is 24.1 Å². The van der Waals surface area contributed by atoms with Crippen LogP contribution in [0.1, 0.15) is 19.0 Å². The molecule has 2 N–H and O–H groups in total. The summed E-state index contributed by atoms with van der Waals surface area (Å²) in [4.78, 5) is 27.0. The molecule has 0 aliphatic carbocycles. The number of anilines is 1. The number of hydrogen-bond acceptors (Lipinski definition) is 11. The maximum Gasteiger partial charge on any atom is 0.323 e. The third kappa shape index (κ3) is 5.81. The van der Waals surface area contributed by atoms with Crippen LogP contribution in [0.25, 0.3) is 11.2 Å². The van der Waals surface area contributed by atoms with E-state index in [1.807, 2.05) is 5.92 Å². The van der Waals surface area contributed by atoms with Gasteiger partial charge in [-0.25, -0.2) is 24.4 Å². The fourth-order valence-electron chi connectivity index (χ4n) is 4.15. The van der Waals surface area contributed by atoms with Crippen LogP contribution in [0.3, 0.4) is 0 Å². The van der Waals surface area contributed by atoms with Crippen molar-refractivity contribution in [2.75, 3.05) is 32.7 Å². The number of methoxy groups -OCH3 is 1. The second-order valence-electron chi connectivity index (χ2n) is 9.27. The number of esters is 1. The number of nitrogens with zero attached hydrogens (tertiary/aromatic N) is 5. The molecule has 0 unspecified atom stereocenters. The first kappa shape index (κ1) is 29.8. The number of aryl methyl sites for hydroxylation is 1. The highest BCUT2D eigenvalue weighted by atomic mass is 32.5. The molecule has 1 fully saturated rings. The molecule has 1 saturated heterocycles. The van der Waals surface area contributed by atoms with Crippen molar-refractivity contribution in [3.05, 3.63) is 42.5 Å². The molecule has 3 heterocycles. The lowest BCUT2D eigenvalue weighted by Crippen LogP contribution is -2.42. The Kier molecular flexibility index (Phi) is 8.75. The van der Waals surface area contributed by atoms with Crippen molar-refractivity contribution in [3.8, 4) is 18.1 Å². The van der Waals surface area contributed by atoms with Crippen molar-refractivity contribution in [1.82, 2.24) is 24.6 Å². The molecule has 214 valence electrons. The summed E-state index contributed by atoms with van der Waals surface area (Å²) in [5.41, 5.74) is -1.99. The van der Waals surface area contributed by atoms with Gasteiger partial charge in [0, 0.05) is 14.1 Å². The molecule has 40 heavy (non-hydrogen) atoms. The topological polar surface area (TPSA) is 133 Å². The van der Waals surface area contributed by atoms with Crippen molar-refractivity contribution < 1.29 is 32.8 Å². The Balaban J connectivity index is 1.62. The van der Waals surface area contributed by atoms with Gasteiger partial charge in [0.25, 0.3) is 0 Å². The van der Waals surface area contributed by atoms with Crippen molar-refractivity contribution in [3.63, 3.8) is 0 Å². The van der Waals surface area contributed by atoms with E-state index in [0.717, 1.165) is 0 Å². The molecular weight excluding hydrogens is 562 g/mol. The van der Waals surface area contributed by atoms with Gasteiger partial charge in [0.05, 0.1) is 20.0 Å². The summed E-state index contributed by atoms with van der Waals surface area (Å²) in [6, 6.07) is 7.69. The monoisotopic (exact) mass is 592 g/mol. The second kappa shape index (κ2) is 11.7. The molecular formula is C25H30FN6O6PS. The number of nitrogens with one attached hydrogen (secondary N) is 1. The van der Waals surface area contributed by atoms with Crippen LogP contribution in [0.2, 0.25) is 0 Å². The number of alkyl halides is 1. The molecule has 15 heteroatoms. The molecule has 12 nitrogen and oxygen atoms in total. The van der Waals surface area contributed by atoms with E-state index in [-0.39, 0.29) is 5.65 Å². The van der Waals surface area contributed by atoms with Gasteiger partial charge in [0.15, 0.2) is 23.2 Å². The summed E-state index contributed by atoms with van der Waals surface area (Å²) in [5.74, 6) is 2.77. The number of rotatable bonds is 10. The van der Waals surface area contributed by atoms with E-state index in [1.54, 1.807) is 56.3 Å². The van der Waals surface area contributed by atoms with Crippen LogP contribution in [-0.4, -0.2) is 82.3 Å². The van der Waals surface area contributed by atoms with Crippen molar-refractivity contribution >= 4 is 41.4 Å². The van der Waals surface area contributed by atoms with Crippen molar-refractivity contribution in [2.24, 2.45) is 0 Å². The number of carbonyl (C=O) groups is 1. The predicted molar refractivity (Wildman–Crippen MR) is 149 cm³/mol. The van der Waals surface area contributed by atoms with E-state index in [0.29, 0.717) is 22.9 Å². The van der Waals surface area contributed by atoms with E-state index >= 15 is 4.39 Å². The van der Waals surface area contributed by atoms with Gasteiger partial charge >= 0.3 is 12.6 Å². The molecule has 0 spiro atoms. The molecule has 3 aromatic rings. The average molecular weight is 593 g/mol. The number of ether oxygens (including phenoxy) is 2. The Labute approximate surface area is 236 Å². The SMILES string of the molecule is C#C[C@@]1(F)[C@H](O)[C@@H](CO[P@](=S)(N[C@H](C)C(=O)OC)Oc2ccccc2)O[C@H]1n1cnc2c(N(C)C)nc(C)nc21. The van der Waals surface area contributed by atoms with Gasteiger partial charge in [-0.15, -0.1) is 6.42 Å². The molecule has 4 rings (SSSR count). The van der Waals surface area contributed by atoms with Crippen LogP contribution in [0.5, 0.6) is 5.75 Å². The Morgan fingerprint density at radius 1 is 1.40 bits per heavy atom. The van der Waals surface area contributed by atoms with Crippen LogP contribution in [0.4, 0.5) is 10.2 Å². The molecule has 1 aromatic carbocycles. The number of para-hydroxylation sites is 1. The number of benzene rings is 1. The lowest BCUT2D eigenvalue weighted by atomic mass is 9.97. The molecule has 0 bridgehead atoms. The van der Waals surface area contributed by atoms with E-state index in [1.165, 1.54) is 24.9 Å². The predicted octanol–water partition coefficient (Wildman–Crippen LogP) is 2.27. The van der Waals surface area contributed by atoms with Gasteiger partial charge in [-0.05, 0) is 37.8 Å². The first-order valence-electron chi connectivity index (χ1n) is 12.2. The van der Waals surface area contributed by atoms with Gasteiger partial charge < -0.3 is 28.5 Å². The zero-order chi connectivity index (χ0) is 29.2. The molecule has 1 aliphatic heterocycles. The van der Waals surface area contributed by atoms with Crippen LogP contribution in [0.15, 0.2) is 36.7 Å². The number of fused-ring (bicyclic) bond motifs is 1. The maximum atomic E-state index is 16.2.